The highest BCUT2D eigenvalue weighted by molar-refractivity contribution is 7.48. The Hall–Kier alpha value is -2.44. The maximum Gasteiger partial charge on any atom is 0.126 e. The Morgan fingerprint density at radius 1 is 0.939 bits per heavy atom. The van der Waals surface area contributed by atoms with Crippen molar-refractivity contribution in [2.45, 2.75) is 65.6 Å². The third-order valence-corrected chi connectivity index (χ3v) is 8.37. The lowest BCUT2D eigenvalue weighted by molar-refractivity contribution is 0.295. The van der Waals surface area contributed by atoms with E-state index in [9.17, 15) is 0 Å². The molecule has 3 aromatic carbocycles. The van der Waals surface area contributed by atoms with E-state index in [0.717, 1.165) is 25.0 Å². The van der Waals surface area contributed by atoms with Crippen molar-refractivity contribution in [3.8, 4) is 5.75 Å². The van der Waals surface area contributed by atoms with Crippen LogP contribution < -0.4 is 10.0 Å². The van der Waals surface area contributed by atoms with Gasteiger partial charge in [-0.2, -0.15) is 0 Å². The number of aryl methyl sites for hydroxylation is 3. The minimum absolute atomic E-state index is 0.0309. The Morgan fingerprint density at radius 3 is 2.36 bits per heavy atom. The summed E-state index contributed by atoms with van der Waals surface area (Å²) in [5.74, 6) is 1.06. The van der Waals surface area contributed by atoms with Crippen molar-refractivity contribution in [1.29, 1.82) is 0 Å². The number of nitrogens with zero attached hydrogens (tertiary/aromatic N) is 1. The third-order valence-electron chi connectivity index (χ3n) is 6.29. The number of hydrogen-bond acceptors (Lipinski definition) is 2. The number of aliphatic imine (C=N–C) groups is 1. The van der Waals surface area contributed by atoms with Crippen LogP contribution >= 0.6 is 8.58 Å². The summed E-state index contributed by atoms with van der Waals surface area (Å²) in [6.45, 7) is 11.8. The highest BCUT2D eigenvalue weighted by Crippen LogP contribution is 2.52. The minimum atomic E-state index is 0.0309. The number of ether oxygens (including phenoxy) is 1. The average molecular weight is 460 g/mol. The lowest BCUT2D eigenvalue weighted by atomic mass is 9.87. The number of rotatable bonds is 10. The zero-order valence-corrected chi connectivity index (χ0v) is 22.0. The van der Waals surface area contributed by atoms with Gasteiger partial charge in [0.25, 0.3) is 0 Å². The first-order valence-corrected chi connectivity index (χ1v) is 13.0. The molecule has 0 amide bonds. The molecule has 0 saturated heterocycles. The molecule has 0 radical (unpaired) electrons. The fraction of sp³-hybridized carbons (Fsp3) is 0.367. The molecule has 0 aliphatic rings. The van der Waals surface area contributed by atoms with Gasteiger partial charge in [-0.3, -0.25) is 4.99 Å². The van der Waals surface area contributed by atoms with E-state index in [4.69, 9.17) is 4.74 Å². The van der Waals surface area contributed by atoms with Gasteiger partial charge in [0.15, 0.2) is 0 Å². The smallest absolute Gasteiger partial charge is 0.126 e. The predicted octanol–water partition coefficient (Wildman–Crippen LogP) is 7.65. The molecule has 0 heterocycles. The zero-order chi connectivity index (χ0) is 23.8. The third kappa shape index (κ3) is 6.12. The maximum absolute atomic E-state index is 6.58. The van der Waals surface area contributed by atoms with E-state index < -0.39 is 0 Å². The molecule has 33 heavy (non-hydrogen) atoms. The van der Waals surface area contributed by atoms with Gasteiger partial charge in [0, 0.05) is 24.0 Å². The topological polar surface area (TPSA) is 21.6 Å². The van der Waals surface area contributed by atoms with Gasteiger partial charge in [0.05, 0.1) is 0 Å². The second-order valence-corrected chi connectivity index (χ2v) is 10.8. The van der Waals surface area contributed by atoms with Gasteiger partial charge in [0.2, 0.25) is 0 Å². The summed E-state index contributed by atoms with van der Waals surface area (Å²) in [7, 11) is 2.50. The van der Waals surface area contributed by atoms with Crippen molar-refractivity contribution in [3.63, 3.8) is 0 Å². The van der Waals surface area contributed by atoms with Crippen molar-refractivity contribution in [2.75, 3.05) is 7.05 Å². The van der Waals surface area contributed by atoms with Crippen LogP contribution in [0.15, 0.2) is 65.7 Å². The van der Waals surface area contributed by atoms with Gasteiger partial charge in [-0.1, -0.05) is 94.6 Å². The normalized spacial score (nSPS) is 13.6. The molecule has 0 spiro atoms. The van der Waals surface area contributed by atoms with E-state index in [2.05, 4.69) is 100 Å². The van der Waals surface area contributed by atoms with Crippen molar-refractivity contribution >= 4 is 20.1 Å². The van der Waals surface area contributed by atoms with Crippen LogP contribution in [0.2, 0.25) is 0 Å². The predicted molar refractivity (Wildman–Crippen MR) is 146 cm³/mol. The Bertz CT molecular complexity index is 1090. The van der Waals surface area contributed by atoms with Crippen LogP contribution in [0.3, 0.4) is 0 Å². The summed E-state index contributed by atoms with van der Waals surface area (Å²) < 4.78 is 6.58. The van der Waals surface area contributed by atoms with Gasteiger partial charge in [-0.15, -0.1) is 0 Å². The fourth-order valence-corrected chi connectivity index (χ4v) is 6.51. The van der Waals surface area contributed by atoms with Crippen LogP contribution in [0.1, 0.15) is 66.5 Å². The standard InChI is InChI=1S/C30H38NOP/c1-7-16-30(8-2,33-28-15-14-22(3)18-26(28)20-31-6)27-19-23(4)17-24(5)29(27)32-21-25-12-10-9-11-13-25/h9-15,17-20,33H,7-8,16,21H2,1-6H3/b31-20+. The first-order valence-electron chi connectivity index (χ1n) is 12.0. The summed E-state index contributed by atoms with van der Waals surface area (Å²) in [5.41, 5.74) is 7.59. The fourth-order valence-electron chi connectivity index (χ4n) is 4.68. The molecular weight excluding hydrogens is 421 g/mol. The van der Waals surface area contributed by atoms with Crippen LogP contribution in [0.5, 0.6) is 5.75 Å². The van der Waals surface area contributed by atoms with E-state index in [0.29, 0.717) is 15.2 Å². The van der Waals surface area contributed by atoms with Crippen molar-refractivity contribution < 1.29 is 4.74 Å². The lowest BCUT2D eigenvalue weighted by Crippen LogP contribution is -2.25. The Morgan fingerprint density at radius 2 is 1.70 bits per heavy atom. The van der Waals surface area contributed by atoms with E-state index >= 15 is 0 Å². The zero-order valence-electron chi connectivity index (χ0n) is 21.0. The summed E-state index contributed by atoms with van der Waals surface area (Å²) in [4.78, 5) is 4.35. The highest BCUT2D eigenvalue weighted by atomic mass is 31.1. The maximum atomic E-state index is 6.58. The van der Waals surface area contributed by atoms with Gasteiger partial charge < -0.3 is 4.74 Å². The Kier molecular flexibility index (Phi) is 8.87. The molecule has 2 atom stereocenters. The van der Waals surface area contributed by atoms with Crippen LogP contribution in [0, 0.1) is 20.8 Å². The van der Waals surface area contributed by atoms with Crippen LogP contribution in [-0.4, -0.2) is 13.3 Å². The second kappa shape index (κ2) is 11.6. The molecule has 0 aromatic heterocycles. The van der Waals surface area contributed by atoms with Gasteiger partial charge in [-0.25, -0.2) is 0 Å². The molecule has 0 N–H and O–H groups in total. The summed E-state index contributed by atoms with van der Waals surface area (Å²) in [5, 5.41) is 1.41. The molecule has 3 heteroatoms. The molecule has 3 rings (SSSR count). The molecule has 0 aliphatic heterocycles. The Labute approximate surface area is 202 Å². The molecule has 0 aliphatic carbocycles. The molecule has 0 fully saturated rings. The first-order chi connectivity index (χ1) is 15.9. The average Bonchev–Trinajstić information content (AvgIpc) is 2.80. The monoisotopic (exact) mass is 459 g/mol. The summed E-state index contributed by atoms with van der Waals surface area (Å²) in [6, 6.07) is 21.9. The molecule has 2 nitrogen and oxygen atoms in total. The molecule has 3 aromatic rings. The summed E-state index contributed by atoms with van der Waals surface area (Å²) in [6.07, 6.45) is 5.34. The molecule has 0 saturated carbocycles. The van der Waals surface area contributed by atoms with Crippen LogP contribution in [0.4, 0.5) is 0 Å². The van der Waals surface area contributed by atoms with E-state index in [-0.39, 0.29) is 5.16 Å². The molecule has 0 bridgehead atoms. The first kappa shape index (κ1) is 25.2. The molecular formula is C30H38NOP. The van der Waals surface area contributed by atoms with Crippen molar-refractivity contribution in [2.24, 2.45) is 4.99 Å². The van der Waals surface area contributed by atoms with Crippen LogP contribution in [-0.2, 0) is 11.8 Å². The summed E-state index contributed by atoms with van der Waals surface area (Å²) >= 11 is 0. The minimum Gasteiger partial charge on any atom is -0.488 e. The second-order valence-electron chi connectivity index (χ2n) is 9.02. The number of hydrogen-bond donors (Lipinski definition) is 0. The lowest BCUT2D eigenvalue weighted by Gasteiger charge is -2.36. The molecule has 174 valence electrons. The van der Waals surface area contributed by atoms with Gasteiger partial charge in [0.1, 0.15) is 12.4 Å². The highest BCUT2D eigenvalue weighted by Gasteiger charge is 2.34. The SMILES string of the molecule is CCCC(CC)(Pc1ccc(C)cc1/C=N/C)c1cc(C)cc(C)c1OCc1ccccc1. The quantitative estimate of drug-likeness (QED) is 0.225. The van der Waals surface area contributed by atoms with E-state index in [1.54, 1.807) is 0 Å². The van der Waals surface area contributed by atoms with Gasteiger partial charge in [-0.05, 0) is 61.7 Å². The number of benzene rings is 3. The van der Waals surface area contributed by atoms with E-state index in [1.165, 1.54) is 38.7 Å². The van der Waals surface area contributed by atoms with Crippen molar-refractivity contribution in [3.05, 3.63) is 94.0 Å². The largest absolute Gasteiger partial charge is 0.488 e. The van der Waals surface area contributed by atoms with Crippen LogP contribution in [0.25, 0.3) is 0 Å². The van der Waals surface area contributed by atoms with E-state index in [1.807, 2.05) is 13.3 Å². The molecule has 2 unspecified atom stereocenters. The van der Waals surface area contributed by atoms with Gasteiger partial charge >= 0.3 is 0 Å². The van der Waals surface area contributed by atoms with Crippen molar-refractivity contribution in [1.82, 2.24) is 0 Å². The Balaban J connectivity index is 2.10.